The first-order valence-electron chi connectivity index (χ1n) is 6.00. The zero-order chi connectivity index (χ0) is 13.7. The second-order valence-corrected chi connectivity index (χ2v) is 5.33. The molecule has 0 unspecified atom stereocenters. The second-order valence-electron chi connectivity index (χ2n) is 4.34. The van der Waals surface area contributed by atoms with Crippen LogP contribution in [0.3, 0.4) is 0 Å². The molecule has 4 nitrogen and oxygen atoms in total. The van der Waals surface area contributed by atoms with Gasteiger partial charge >= 0.3 is 0 Å². The summed E-state index contributed by atoms with van der Waals surface area (Å²) in [7, 11) is 0. The first-order valence-corrected chi connectivity index (χ1v) is 7.15. The predicted octanol–water partition coefficient (Wildman–Crippen LogP) is 3.16. The number of aryl methyl sites for hydroxylation is 2. The predicted molar refractivity (Wildman–Crippen MR) is 77.2 cm³/mol. The van der Waals surface area contributed by atoms with Crippen LogP contribution < -0.4 is 5.32 Å². The Morgan fingerprint density at radius 1 is 1.32 bits per heavy atom. The molecule has 0 aliphatic heterocycles. The molecule has 19 heavy (non-hydrogen) atoms. The SMILES string of the molecule is Cc1ccc(NC(=O)CSCc2cc(C)no2)cc1. The summed E-state index contributed by atoms with van der Waals surface area (Å²) in [6, 6.07) is 9.63. The molecule has 0 fully saturated rings. The lowest BCUT2D eigenvalue weighted by molar-refractivity contribution is -0.113. The number of benzene rings is 1. The van der Waals surface area contributed by atoms with Crippen LogP contribution in [0.2, 0.25) is 0 Å². The van der Waals surface area contributed by atoms with E-state index in [1.165, 1.54) is 17.3 Å². The number of amides is 1. The third-order valence-electron chi connectivity index (χ3n) is 2.49. The Morgan fingerprint density at radius 3 is 2.68 bits per heavy atom. The molecular formula is C14H16N2O2S. The van der Waals surface area contributed by atoms with Gasteiger partial charge in [-0.3, -0.25) is 4.79 Å². The highest BCUT2D eigenvalue weighted by Crippen LogP contribution is 2.14. The molecule has 1 amide bonds. The summed E-state index contributed by atoms with van der Waals surface area (Å²) in [5.74, 6) is 1.84. The first kappa shape index (κ1) is 13.7. The van der Waals surface area contributed by atoms with Gasteiger partial charge in [0.1, 0.15) is 5.76 Å². The number of nitrogens with one attached hydrogen (secondary N) is 1. The Labute approximate surface area is 116 Å². The van der Waals surface area contributed by atoms with Gasteiger partial charge in [0.2, 0.25) is 5.91 Å². The molecule has 2 rings (SSSR count). The summed E-state index contributed by atoms with van der Waals surface area (Å²) in [5.41, 5.74) is 2.86. The van der Waals surface area contributed by atoms with Gasteiger partial charge in [-0.2, -0.15) is 0 Å². The Bertz CT molecular complexity index is 549. The van der Waals surface area contributed by atoms with Crippen molar-refractivity contribution < 1.29 is 9.32 Å². The standard InChI is InChI=1S/C14H16N2O2S/c1-10-3-5-12(6-4-10)15-14(17)9-19-8-13-7-11(2)16-18-13/h3-7H,8-9H2,1-2H3,(H,15,17). The maximum Gasteiger partial charge on any atom is 0.234 e. The van der Waals surface area contributed by atoms with Crippen molar-refractivity contribution in [1.82, 2.24) is 5.16 Å². The van der Waals surface area contributed by atoms with E-state index in [0.717, 1.165) is 17.1 Å². The number of hydrogen-bond donors (Lipinski definition) is 1. The fourth-order valence-electron chi connectivity index (χ4n) is 1.56. The molecule has 1 aromatic heterocycles. The van der Waals surface area contributed by atoms with Crippen molar-refractivity contribution >= 4 is 23.4 Å². The van der Waals surface area contributed by atoms with E-state index >= 15 is 0 Å². The van der Waals surface area contributed by atoms with Crippen molar-refractivity contribution in [2.45, 2.75) is 19.6 Å². The van der Waals surface area contributed by atoms with Crippen LogP contribution in [0, 0.1) is 13.8 Å². The number of carbonyl (C=O) groups is 1. The van der Waals surface area contributed by atoms with Crippen LogP contribution >= 0.6 is 11.8 Å². The number of thioether (sulfide) groups is 1. The maximum absolute atomic E-state index is 11.7. The highest BCUT2D eigenvalue weighted by atomic mass is 32.2. The highest BCUT2D eigenvalue weighted by molar-refractivity contribution is 7.99. The lowest BCUT2D eigenvalue weighted by Gasteiger charge is -2.04. The van der Waals surface area contributed by atoms with Crippen molar-refractivity contribution in [3.8, 4) is 0 Å². The molecule has 0 spiro atoms. The minimum atomic E-state index is -0.00918. The maximum atomic E-state index is 11.7. The first-order chi connectivity index (χ1) is 9.13. The van der Waals surface area contributed by atoms with Crippen LogP contribution in [0.5, 0.6) is 0 Å². The molecule has 0 saturated heterocycles. The summed E-state index contributed by atoms with van der Waals surface area (Å²) in [4.78, 5) is 11.7. The van der Waals surface area contributed by atoms with Crippen molar-refractivity contribution in [2.75, 3.05) is 11.1 Å². The van der Waals surface area contributed by atoms with Gasteiger partial charge in [-0.25, -0.2) is 0 Å². The lowest BCUT2D eigenvalue weighted by atomic mass is 10.2. The average Bonchev–Trinajstić information content (AvgIpc) is 2.78. The van der Waals surface area contributed by atoms with E-state index in [2.05, 4.69) is 10.5 Å². The molecule has 1 heterocycles. The minimum Gasteiger partial charge on any atom is -0.360 e. The van der Waals surface area contributed by atoms with E-state index in [0.29, 0.717) is 11.5 Å². The van der Waals surface area contributed by atoms with Crippen LogP contribution in [0.15, 0.2) is 34.9 Å². The molecule has 0 aliphatic rings. The van der Waals surface area contributed by atoms with E-state index in [9.17, 15) is 4.79 Å². The molecule has 0 bridgehead atoms. The Balaban J connectivity index is 1.74. The van der Waals surface area contributed by atoms with Gasteiger partial charge in [-0.1, -0.05) is 22.9 Å². The van der Waals surface area contributed by atoms with Gasteiger partial charge in [0.05, 0.1) is 17.2 Å². The fourth-order valence-corrected chi connectivity index (χ4v) is 2.26. The second kappa shape index (κ2) is 6.43. The molecule has 1 aromatic carbocycles. The van der Waals surface area contributed by atoms with Gasteiger partial charge in [0.25, 0.3) is 0 Å². The topological polar surface area (TPSA) is 55.1 Å². The van der Waals surface area contributed by atoms with Gasteiger partial charge in [-0.05, 0) is 26.0 Å². The summed E-state index contributed by atoms with van der Waals surface area (Å²) in [6.45, 7) is 3.89. The molecule has 100 valence electrons. The Morgan fingerprint density at radius 2 is 2.05 bits per heavy atom. The van der Waals surface area contributed by atoms with Gasteiger partial charge in [0.15, 0.2) is 0 Å². The molecule has 1 N–H and O–H groups in total. The quantitative estimate of drug-likeness (QED) is 0.911. The van der Waals surface area contributed by atoms with E-state index < -0.39 is 0 Å². The number of carbonyl (C=O) groups excluding carboxylic acids is 1. The normalized spacial score (nSPS) is 10.4. The molecule has 0 aliphatic carbocycles. The Hall–Kier alpha value is -1.75. The van der Waals surface area contributed by atoms with Gasteiger partial charge < -0.3 is 9.84 Å². The monoisotopic (exact) mass is 276 g/mol. The van der Waals surface area contributed by atoms with Gasteiger partial charge in [0, 0.05) is 11.8 Å². The minimum absolute atomic E-state index is 0.00918. The Kier molecular flexibility index (Phi) is 4.63. The summed E-state index contributed by atoms with van der Waals surface area (Å²) in [5, 5.41) is 6.66. The number of aromatic nitrogens is 1. The zero-order valence-electron chi connectivity index (χ0n) is 11.0. The molecule has 0 saturated carbocycles. The van der Waals surface area contributed by atoms with Crippen LogP contribution in [0.1, 0.15) is 17.0 Å². The van der Waals surface area contributed by atoms with E-state index in [1.54, 1.807) is 0 Å². The molecule has 2 aromatic rings. The number of nitrogens with zero attached hydrogens (tertiary/aromatic N) is 1. The van der Waals surface area contributed by atoms with Crippen LogP contribution in [0.25, 0.3) is 0 Å². The van der Waals surface area contributed by atoms with Crippen LogP contribution in [-0.4, -0.2) is 16.8 Å². The van der Waals surface area contributed by atoms with E-state index in [4.69, 9.17) is 4.52 Å². The van der Waals surface area contributed by atoms with E-state index in [-0.39, 0.29) is 5.91 Å². The highest BCUT2D eigenvalue weighted by Gasteiger charge is 2.05. The third-order valence-corrected chi connectivity index (χ3v) is 3.44. The van der Waals surface area contributed by atoms with E-state index in [1.807, 2.05) is 44.2 Å². The zero-order valence-corrected chi connectivity index (χ0v) is 11.8. The van der Waals surface area contributed by atoms with Crippen molar-refractivity contribution in [3.63, 3.8) is 0 Å². The molecule has 0 radical (unpaired) electrons. The van der Waals surface area contributed by atoms with Crippen molar-refractivity contribution in [3.05, 3.63) is 47.3 Å². The van der Waals surface area contributed by atoms with Crippen LogP contribution in [-0.2, 0) is 10.5 Å². The smallest absolute Gasteiger partial charge is 0.234 e. The summed E-state index contributed by atoms with van der Waals surface area (Å²) in [6.07, 6.45) is 0. The average molecular weight is 276 g/mol. The molecule has 5 heteroatoms. The molecule has 0 atom stereocenters. The summed E-state index contributed by atoms with van der Waals surface area (Å²) < 4.78 is 5.07. The number of rotatable bonds is 5. The van der Waals surface area contributed by atoms with Crippen molar-refractivity contribution in [2.24, 2.45) is 0 Å². The number of hydrogen-bond acceptors (Lipinski definition) is 4. The third kappa shape index (κ3) is 4.44. The molecular weight excluding hydrogens is 260 g/mol. The number of anilines is 1. The van der Waals surface area contributed by atoms with Crippen LogP contribution in [0.4, 0.5) is 5.69 Å². The lowest BCUT2D eigenvalue weighted by Crippen LogP contribution is -2.14. The fraction of sp³-hybridized carbons (Fsp3) is 0.286. The largest absolute Gasteiger partial charge is 0.360 e. The van der Waals surface area contributed by atoms with Crippen molar-refractivity contribution in [1.29, 1.82) is 0 Å². The summed E-state index contributed by atoms with van der Waals surface area (Å²) >= 11 is 1.50. The van der Waals surface area contributed by atoms with Gasteiger partial charge in [-0.15, -0.1) is 11.8 Å².